The maximum atomic E-state index is 14.5. The molecule has 4 N–H and O–H groups in total. The number of aromatic amines is 1. The van der Waals surface area contributed by atoms with E-state index in [2.05, 4.69) is 20.6 Å². The summed E-state index contributed by atoms with van der Waals surface area (Å²) in [5.74, 6) is 0.919. The molecule has 2 aromatic heterocycles. The number of H-pyrrole nitrogens is 1. The third-order valence-corrected chi connectivity index (χ3v) is 10.8. The largest absolute Gasteiger partial charge is 0.478 e. The molecule has 0 aliphatic heterocycles. The standard InChI is InChI=1S/C38H42N4O5/c1-38(21-28-22-40-32-12-6-5-10-29(28)32,42-37(46)47-34-26-17-23-16-24(19-26)20-27(34)18-23)36(45)41-31(25-8-3-2-4-9-25)13-14-33-30(35(43)44)11-7-15-39-33/h2-12,15,22-24,26-27,31,34,40H,13-14,16-21H2,1H3,(H,41,45)(H,42,46)(H,43,44)/t23?,24?,26?,27?,31-,34?,38+/m1/s1. The fourth-order valence-corrected chi connectivity index (χ4v) is 8.72. The summed E-state index contributed by atoms with van der Waals surface area (Å²) in [7, 11) is 0. The van der Waals surface area contributed by atoms with Gasteiger partial charge >= 0.3 is 12.1 Å². The second-order valence-corrected chi connectivity index (χ2v) is 14.1. The van der Waals surface area contributed by atoms with Crippen LogP contribution in [0.15, 0.2) is 79.1 Å². The van der Waals surface area contributed by atoms with Crippen LogP contribution in [-0.4, -0.2) is 44.7 Å². The smallest absolute Gasteiger partial charge is 0.408 e. The fourth-order valence-electron chi connectivity index (χ4n) is 8.72. The number of hydrogen-bond donors (Lipinski definition) is 4. The van der Waals surface area contributed by atoms with Crippen molar-refractivity contribution in [3.8, 4) is 0 Å². The minimum Gasteiger partial charge on any atom is -0.478 e. The first-order valence-electron chi connectivity index (χ1n) is 16.8. The van der Waals surface area contributed by atoms with Crippen molar-refractivity contribution in [2.24, 2.45) is 23.7 Å². The van der Waals surface area contributed by atoms with Crippen LogP contribution in [0.5, 0.6) is 0 Å². The van der Waals surface area contributed by atoms with Crippen LogP contribution in [0.4, 0.5) is 4.79 Å². The van der Waals surface area contributed by atoms with E-state index in [0.29, 0.717) is 30.4 Å². The Morgan fingerprint density at radius 2 is 1.66 bits per heavy atom. The van der Waals surface area contributed by atoms with Crippen LogP contribution in [0.3, 0.4) is 0 Å². The molecule has 4 aromatic rings. The van der Waals surface area contributed by atoms with Gasteiger partial charge in [0, 0.05) is 29.7 Å². The molecule has 47 heavy (non-hydrogen) atoms. The molecule has 2 amide bonds. The summed E-state index contributed by atoms with van der Waals surface area (Å²) >= 11 is 0. The number of para-hydroxylation sites is 1. The lowest BCUT2D eigenvalue weighted by molar-refractivity contribution is -0.128. The fraction of sp³-hybridized carbons (Fsp3) is 0.421. The van der Waals surface area contributed by atoms with Gasteiger partial charge in [-0.3, -0.25) is 9.78 Å². The number of aromatic nitrogens is 2. The highest BCUT2D eigenvalue weighted by molar-refractivity contribution is 5.92. The van der Waals surface area contributed by atoms with Crippen LogP contribution in [0, 0.1) is 23.7 Å². The molecule has 4 fully saturated rings. The number of carboxylic acid groups (broad SMARTS) is 1. The van der Waals surface area contributed by atoms with Gasteiger partial charge < -0.3 is 25.5 Å². The summed E-state index contributed by atoms with van der Waals surface area (Å²) in [4.78, 5) is 47.7. The Morgan fingerprint density at radius 3 is 2.38 bits per heavy atom. The van der Waals surface area contributed by atoms with E-state index in [4.69, 9.17) is 4.74 Å². The van der Waals surface area contributed by atoms with Crippen LogP contribution in [0.2, 0.25) is 0 Å². The predicted molar refractivity (Wildman–Crippen MR) is 178 cm³/mol. The molecule has 9 heteroatoms. The van der Waals surface area contributed by atoms with E-state index in [1.807, 2.05) is 60.8 Å². The summed E-state index contributed by atoms with van der Waals surface area (Å²) in [6, 6.07) is 20.2. The molecule has 4 aliphatic carbocycles. The van der Waals surface area contributed by atoms with Gasteiger partial charge in [0.2, 0.25) is 5.91 Å². The minimum atomic E-state index is -1.35. The molecule has 2 heterocycles. The highest BCUT2D eigenvalue weighted by atomic mass is 16.6. The Kier molecular flexibility index (Phi) is 8.47. The Labute approximate surface area is 274 Å². The third-order valence-electron chi connectivity index (χ3n) is 10.8. The molecular formula is C38H42N4O5. The van der Waals surface area contributed by atoms with Gasteiger partial charge in [0.25, 0.3) is 0 Å². The van der Waals surface area contributed by atoms with Crippen LogP contribution in [0.25, 0.3) is 10.9 Å². The molecule has 2 aromatic carbocycles. The maximum absolute atomic E-state index is 14.5. The first-order valence-corrected chi connectivity index (χ1v) is 16.8. The first kappa shape index (κ1) is 31.0. The molecule has 9 nitrogen and oxygen atoms in total. The number of benzene rings is 2. The van der Waals surface area contributed by atoms with Crippen molar-refractivity contribution >= 4 is 28.9 Å². The van der Waals surface area contributed by atoms with Gasteiger partial charge in [-0.2, -0.15) is 0 Å². The number of hydrogen-bond acceptors (Lipinski definition) is 5. The van der Waals surface area contributed by atoms with Crippen molar-refractivity contribution < 1.29 is 24.2 Å². The van der Waals surface area contributed by atoms with E-state index in [1.165, 1.54) is 12.5 Å². The van der Waals surface area contributed by atoms with Gasteiger partial charge in [-0.15, -0.1) is 0 Å². The predicted octanol–water partition coefficient (Wildman–Crippen LogP) is 6.60. The van der Waals surface area contributed by atoms with Gasteiger partial charge in [0.05, 0.1) is 17.3 Å². The van der Waals surface area contributed by atoms with Gasteiger partial charge in [-0.1, -0.05) is 48.5 Å². The summed E-state index contributed by atoms with van der Waals surface area (Å²) < 4.78 is 6.21. The highest BCUT2D eigenvalue weighted by Gasteiger charge is 2.50. The number of pyridine rings is 1. The monoisotopic (exact) mass is 634 g/mol. The van der Waals surface area contributed by atoms with Crippen LogP contribution < -0.4 is 10.6 Å². The Hall–Kier alpha value is -4.66. The van der Waals surface area contributed by atoms with Crippen LogP contribution in [-0.2, 0) is 22.4 Å². The number of alkyl carbamates (subject to hydrolysis) is 1. The maximum Gasteiger partial charge on any atom is 0.408 e. The lowest BCUT2D eigenvalue weighted by Crippen LogP contribution is -2.60. The van der Waals surface area contributed by atoms with Crippen molar-refractivity contribution in [2.45, 2.75) is 76.0 Å². The number of nitrogens with zero attached hydrogens (tertiary/aromatic N) is 1. The molecular weight excluding hydrogens is 592 g/mol. The number of aromatic carboxylic acids is 1. The molecule has 2 atom stereocenters. The highest BCUT2D eigenvalue weighted by Crippen LogP contribution is 2.54. The first-order chi connectivity index (χ1) is 22.8. The van der Waals surface area contributed by atoms with Crippen molar-refractivity contribution in [3.05, 3.63) is 102 Å². The Bertz CT molecular complexity index is 1740. The SMILES string of the molecule is C[C@@](Cc1c[nH]c2ccccc12)(NC(=O)OC1C2CC3CC(C2)CC1C3)C(=O)N[C@H](CCc1ncccc1C(=O)O)c1ccccc1. The zero-order chi connectivity index (χ0) is 32.5. The lowest BCUT2D eigenvalue weighted by Gasteiger charge is -2.53. The molecule has 244 valence electrons. The number of amides is 2. The summed E-state index contributed by atoms with van der Waals surface area (Å²) in [6.45, 7) is 1.76. The summed E-state index contributed by atoms with van der Waals surface area (Å²) in [5.41, 5.74) is 1.98. The van der Waals surface area contributed by atoms with E-state index < -0.39 is 23.6 Å². The summed E-state index contributed by atoms with van der Waals surface area (Å²) in [6.07, 6.45) is 9.59. The van der Waals surface area contributed by atoms with Gasteiger partial charge in [0.1, 0.15) is 11.6 Å². The molecule has 8 rings (SSSR count). The average molecular weight is 635 g/mol. The number of carboxylic acids is 1. The van der Waals surface area contributed by atoms with Gasteiger partial charge in [0.15, 0.2) is 0 Å². The van der Waals surface area contributed by atoms with Gasteiger partial charge in [-0.05, 0) is 105 Å². The van der Waals surface area contributed by atoms with E-state index in [9.17, 15) is 19.5 Å². The van der Waals surface area contributed by atoms with Crippen LogP contribution >= 0.6 is 0 Å². The van der Waals surface area contributed by atoms with Crippen LogP contribution in [0.1, 0.15) is 78.7 Å². The number of fused-ring (bicyclic) bond motifs is 1. The topological polar surface area (TPSA) is 133 Å². The lowest BCUT2D eigenvalue weighted by atomic mass is 9.55. The minimum absolute atomic E-state index is 0.109. The van der Waals surface area contributed by atoms with Gasteiger partial charge in [-0.25, -0.2) is 9.59 Å². The average Bonchev–Trinajstić information content (AvgIpc) is 3.47. The molecule has 0 radical (unpaired) electrons. The number of rotatable bonds is 11. The van der Waals surface area contributed by atoms with Crippen molar-refractivity contribution in [3.63, 3.8) is 0 Å². The van der Waals surface area contributed by atoms with Crippen molar-refractivity contribution in [1.82, 2.24) is 20.6 Å². The molecule has 0 spiro atoms. The van der Waals surface area contributed by atoms with E-state index >= 15 is 0 Å². The van der Waals surface area contributed by atoms with E-state index in [0.717, 1.165) is 59.5 Å². The number of carbonyl (C=O) groups is 3. The number of carbonyl (C=O) groups excluding carboxylic acids is 2. The number of aryl methyl sites for hydroxylation is 1. The molecule has 0 saturated heterocycles. The zero-order valence-electron chi connectivity index (χ0n) is 26.7. The van der Waals surface area contributed by atoms with Crippen molar-refractivity contribution in [1.29, 1.82) is 0 Å². The second kappa shape index (κ2) is 12.9. The second-order valence-electron chi connectivity index (χ2n) is 14.1. The van der Waals surface area contributed by atoms with E-state index in [1.54, 1.807) is 19.2 Å². The quantitative estimate of drug-likeness (QED) is 0.147. The Balaban J connectivity index is 1.14. The molecule has 4 saturated carbocycles. The van der Waals surface area contributed by atoms with E-state index in [-0.39, 0.29) is 24.0 Å². The Morgan fingerprint density at radius 1 is 0.957 bits per heavy atom. The number of nitrogens with one attached hydrogen (secondary N) is 3. The summed E-state index contributed by atoms with van der Waals surface area (Å²) in [5, 5.41) is 16.9. The van der Waals surface area contributed by atoms with Crippen molar-refractivity contribution in [2.75, 3.05) is 0 Å². The molecule has 4 bridgehead atoms. The number of ether oxygens (including phenoxy) is 1. The third kappa shape index (κ3) is 6.48. The molecule has 4 aliphatic rings. The zero-order valence-corrected chi connectivity index (χ0v) is 26.7. The molecule has 0 unspecified atom stereocenters. The normalized spacial score (nSPS) is 24.7.